The molecule has 136 valence electrons. The van der Waals surface area contributed by atoms with E-state index in [1.165, 1.54) is 0 Å². The molecule has 0 saturated heterocycles. The molecule has 3 N–H and O–H groups in total. The van der Waals surface area contributed by atoms with Gasteiger partial charge in [-0.3, -0.25) is 0 Å². The molecule has 3 rings (SSSR count). The predicted octanol–water partition coefficient (Wildman–Crippen LogP) is 4.80. The molecule has 0 bridgehead atoms. The Morgan fingerprint density at radius 2 is 1.96 bits per heavy atom. The molecule has 0 saturated carbocycles. The van der Waals surface area contributed by atoms with E-state index < -0.39 is 11.6 Å². The summed E-state index contributed by atoms with van der Waals surface area (Å²) in [6, 6.07) is 15.6. The maximum Gasteiger partial charge on any atom is 0.405 e. The lowest BCUT2D eigenvalue weighted by Gasteiger charge is -2.24. The van der Waals surface area contributed by atoms with E-state index in [2.05, 4.69) is 16.4 Å². The zero-order valence-corrected chi connectivity index (χ0v) is 15.3. The molecular weight excluding hydrogens is 338 g/mol. The van der Waals surface area contributed by atoms with Gasteiger partial charge in [-0.05, 0) is 49.1 Å². The van der Waals surface area contributed by atoms with E-state index in [9.17, 15) is 4.79 Å². The third-order valence-electron chi connectivity index (χ3n) is 4.41. The number of nitrogens with zero attached hydrogens (tertiary/aromatic N) is 1. The van der Waals surface area contributed by atoms with E-state index in [4.69, 9.17) is 10.4 Å². The van der Waals surface area contributed by atoms with Gasteiger partial charge in [0.05, 0.1) is 17.1 Å². The van der Waals surface area contributed by atoms with Gasteiger partial charge in [-0.2, -0.15) is 5.26 Å². The number of carbonyl (C=O) groups is 1. The number of nitrogens with one attached hydrogen (secondary N) is 2. The third kappa shape index (κ3) is 4.36. The van der Waals surface area contributed by atoms with Crippen LogP contribution in [0.3, 0.4) is 0 Å². The van der Waals surface area contributed by atoms with Crippen LogP contribution in [0.15, 0.2) is 48.7 Å². The number of fused-ring (bicyclic) bond motifs is 1. The fourth-order valence-corrected chi connectivity index (χ4v) is 3.19. The SMILES string of the molecule is CC(C)(Cc1c[nH]c2c(C=Cc3ccc(C#N)cc3)cccc12)NC(=O)O. The van der Waals surface area contributed by atoms with Crippen LogP contribution in [0.2, 0.25) is 0 Å². The summed E-state index contributed by atoms with van der Waals surface area (Å²) in [6.45, 7) is 3.74. The van der Waals surface area contributed by atoms with Gasteiger partial charge in [-0.1, -0.05) is 42.5 Å². The average Bonchev–Trinajstić information content (AvgIpc) is 3.02. The number of aromatic amines is 1. The van der Waals surface area contributed by atoms with Crippen molar-refractivity contribution in [2.75, 3.05) is 0 Å². The Morgan fingerprint density at radius 3 is 2.63 bits per heavy atom. The molecule has 0 aliphatic rings. The molecule has 0 fully saturated rings. The highest BCUT2D eigenvalue weighted by atomic mass is 16.4. The first kappa shape index (κ1) is 18.3. The van der Waals surface area contributed by atoms with E-state index in [1.54, 1.807) is 12.1 Å². The minimum absolute atomic E-state index is 0.560. The van der Waals surface area contributed by atoms with E-state index in [1.807, 2.05) is 62.5 Å². The first-order valence-corrected chi connectivity index (χ1v) is 8.66. The number of para-hydroxylation sites is 1. The smallest absolute Gasteiger partial charge is 0.405 e. The van der Waals surface area contributed by atoms with Crippen molar-refractivity contribution in [1.29, 1.82) is 5.26 Å². The fraction of sp³-hybridized carbons (Fsp3) is 0.182. The zero-order valence-electron chi connectivity index (χ0n) is 15.3. The van der Waals surface area contributed by atoms with Gasteiger partial charge in [-0.15, -0.1) is 0 Å². The Balaban J connectivity index is 1.88. The van der Waals surface area contributed by atoms with E-state index >= 15 is 0 Å². The Labute approximate surface area is 158 Å². The van der Waals surface area contributed by atoms with Crippen LogP contribution in [-0.4, -0.2) is 21.7 Å². The summed E-state index contributed by atoms with van der Waals surface area (Å²) in [6.07, 6.45) is 5.54. The number of aromatic nitrogens is 1. The molecule has 3 aromatic rings. The van der Waals surface area contributed by atoms with Gasteiger partial charge in [0, 0.05) is 17.1 Å². The van der Waals surface area contributed by atoms with Crippen LogP contribution in [0.4, 0.5) is 4.79 Å². The first-order chi connectivity index (χ1) is 12.9. The number of benzene rings is 2. The Bertz CT molecular complexity index is 1040. The Morgan fingerprint density at radius 1 is 1.22 bits per heavy atom. The molecule has 5 nitrogen and oxygen atoms in total. The lowest BCUT2D eigenvalue weighted by molar-refractivity contribution is 0.182. The van der Waals surface area contributed by atoms with Crippen LogP contribution < -0.4 is 5.32 Å². The fourth-order valence-electron chi connectivity index (χ4n) is 3.19. The summed E-state index contributed by atoms with van der Waals surface area (Å²) < 4.78 is 0. The monoisotopic (exact) mass is 359 g/mol. The van der Waals surface area contributed by atoms with Crippen molar-refractivity contribution in [2.45, 2.75) is 25.8 Å². The molecule has 2 aromatic carbocycles. The first-order valence-electron chi connectivity index (χ1n) is 8.66. The summed E-state index contributed by atoms with van der Waals surface area (Å²) in [5, 5.41) is 21.5. The average molecular weight is 359 g/mol. The van der Waals surface area contributed by atoms with Crippen molar-refractivity contribution in [3.05, 3.63) is 70.9 Å². The molecule has 0 spiro atoms. The lowest BCUT2D eigenvalue weighted by atomic mass is 9.94. The second-order valence-electron chi connectivity index (χ2n) is 7.14. The molecule has 0 aliphatic heterocycles. The molecule has 0 unspecified atom stereocenters. The van der Waals surface area contributed by atoms with E-state index in [0.717, 1.165) is 27.6 Å². The number of hydrogen-bond acceptors (Lipinski definition) is 2. The second kappa shape index (κ2) is 7.38. The summed E-state index contributed by atoms with van der Waals surface area (Å²) in [7, 11) is 0. The van der Waals surface area contributed by atoms with Crippen molar-refractivity contribution in [1.82, 2.24) is 10.3 Å². The van der Waals surface area contributed by atoms with Gasteiger partial charge in [0.25, 0.3) is 0 Å². The van der Waals surface area contributed by atoms with Gasteiger partial charge in [0.1, 0.15) is 0 Å². The minimum atomic E-state index is -1.02. The minimum Gasteiger partial charge on any atom is -0.465 e. The Kier molecular flexibility index (Phi) is 5.00. The molecular formula is C22H21N3O2. The molecule has 0 atom stereocenters. The highest BCUT2D eigenvalue weighted by molar-refractivity contribution is 5.92. The number of hydrogen-bond donors (Lipinski definition) is 3. The molecule has 0 radical (unpaired) electrons. The number of H-pyrrole nitrogens is 1. The highest BCUT2D eigenvalue weighted by Gasteiger charge is 2.22. The van der Waals surface area contributed by atoms with E-state index in [-0.39, 0.29) is 0 Å². The molecule has 1 heterocycles. The largest absolute Gasteiger partial charge is 0.465 e. The van der Waals surface area contributed by atoms with Gasteiger partial charge in [-0.25, -0.2) is 4.79 Å². The maximum atomic E-state index is 11.0. The molecule has 0 aliphatic carbocycles. The van der Waals surface area contributed by atoms with Crippen LogP contribution in [0.5, 0.6) is 0 Å². The second-order valence-corrected chi connectivity index (χ2v) is 7.14. The van der Waals surface area contributed by atoms with Crippen LogP contribution in [0.1, 0.15) is 36.1 Å². The maximum absolute atomic E-state index is 11.0. The summed E-state index contributed by atoms with van der Waals surface area (Å²) >= 11 is 0. The topological polar surface area (TPSA) is 88.9 Å². The molecule has 1 aromatic heterocycles. The van der Waals surface area contributed by atoms with Crippen molar-refractivity contribution in [3.63, 3.8) is 0 Å². The van der Waals surface area contributed by atoms with Gasteiger partial charge >= 0.3 is 6.09 Å². The number of rotatable bonds is 5. The lowest BCUT2D eigenvalue weighted by Crippen LogP contribution is -2.44. The van der Waals surface area contributed by atoms with Crippen LogP contribution in [0, 0.1) is 11.3 Å². The number of carboxylic acid groups (broad SMARTS) is 1. The number of amides is 1. The summed E-state index contributed by atoms with van der Waals surface area (Å²) in [5.41, 5.74) is 4.23. The third-order valence-corrected chi connectivity index (χ3v) is 4.41. The van der Waals surface area contributed by atoms with Crippen LogP contribution in [-0.2, 0) is 6.42 Å². The standard InChI is InChI=1S/C22H21N3O2/c1-22(2,25-21(26)27)12-18-14-24-20-17(4-3-5-19(18)20)11-10-15-6-8-16(13-23)9-7-15/h3-11,14,24-25H,12H2,1-2H3,(H,26,27). The molecule has 27 heavy (non-hydrogen) atoms. The van der Waals surface area contributed by atoms with Crippen molar-refractivity contribution >= 4 is 29.1 Å². The van der Waals surface area contributed by atoms with Gasteiger partial charge < -0.3 is 15.4 Å². The molecule has 5 heteroatoms. The quantitative estimate of drug-likeness (QED) is 0.572. The molecule has 1 amide bonds. The Hall–Kier alpha value is -3.52. The van der Waals surface area contributed by atoms with Crippen molar-refractivity contribution in [2.24, 2.45) is 0 Å². The zero-order chi connectivity index (χ0) is 19.4. The highest BCUT2D eigenvalue weighted by Crippen LogP contribution is 2.26. The van der Waals surface area contributed by atoms with Crippen molar-refractivity contribution < 1.29 is 9.90 Å². The predicted molar refractivity (Wildman–Crippen MR) is 107 cm³/mol. The van der Waals surface area contributed by atoms with Crippen LogP contribution in [0.25, 0.3) is 23.1 Å². The number of nitriles is 1. The van der Waals surface area contributed by atoms with Crippen LogP contribution >= 0.6 is 0 Å². The normalized spacial score (nSPS) is 11.6. The van der Waals surface area contributed by atoms with Crippen molar-refractivity contribution in [3.8, 4) is 6.07 Å². The van der Waals surface area contributed by atoms with Gasteiger partial charge in [0.15, 0.2) is 0 Å². The summed E-state index contributed by atoms with van der Waals surface area (Å²) in [5.74, 6) is 0. The van der Waals surface area contributed by atoms with E-state index in [0.29, 0.717) is 12.0 Å². The summed E-state index contributed by atoms with van der Waals surface area (Å²) in [4.78, 5) is 14.3. The van der Waals surface area contributed by atoms with Gasteiger partial charge in [0.2, 0.25) is 0 Å².